The van der Waals surface area contributed by atoms with Crippen LogP contribution >= 0.6 is 0 Å². The molecule has 0 spiro atoms. The van der Waals surface area contributed by atoms with Crippen molar-refractivity contribution in [2.45, 2.75) is 77.0 Å². The number of rotatable bonds is 5. The predicted octanol–water partition coefficient (Wildman–Crippen LogP) is 5.38. The van der Waals surface area contributed by atoms with Crippen molar-refractivity contribution in [3.63, 3.8) is 0 Å². The molecule has 0 radical (unpaired) electrons. The third kappa shape index (κ3) is 7.52. The van der Waals surface area contributed by atoms with Crippen LogP contribution in [0.4, 0.5) is 5.69 Å². The van der Waals surface area contributed by atoms with Crippen molar-refractivity contribution in [3.8, 4) is 22.4 Å². The molecule has 39 heavy (non-hydrogen) atoms. The summed E-state index contributed by atoms with van der Waals surface area (Å²) in [7, 11) is 0. The Morgan fingerprint density at radius 2 is 1.56 bits per heavy atom. The van der Waals surface area contributed by atoms with Crippen LogP contribution in [-0.4, -0.2) is 34.1 Å². The van der Waals surface area contributed by atoms with Crippen molar-refractivity contribution >= 4 is 17.5 Å². The van der Waals surface area contributed by atoms with E-state index in [1.807, 2.05) is 60.7 Å². The van der Waals surface area contributed by atoms with Gasteiger partial charge < -0.3 is 21.5 Å². The van der Waals surface area contributed by atoms with Crippen molar-refractivity contribution in [1.29, 1.82) is 0 Å². The highest BCUT2D eigenvalue weighted by atomic mass is 16.3. The molecule has 2 aromatic carbocycles. The Hall–Kier alpha value is -3.55. The fraction of sp³-hybridized carbons (Fsp3) is 0.406. The van der Waals surface area contributed by atoms with Crippen molar-refractivity contribution in [2.75, 3.05) is 5.32 Å². The van der Waals surface area contributed by atoms with E-state index < -0.39 is 5.54 Å². The minimum atomic E-state index is -0.442. The number of amides is 2. The van der Waals surface area contributed by atoms with E-state index in [2.05, 4.69) is 22.5 Å². The van der Waals surface area contributed by atoms with Gasteiger partial charge in [-0.05, 0) is 61.6 Å². The number of carbonyl (C=O) groups is 2. The molecule has 5 N–H and O–H groups in total. The summed E-state index contributed by atoms with van der Waals surface area (Å²) in [6.45, 7) is 5.36. The lowest BCUT2D eigenvalue weighted by molar-refractivity contribution is -0.120. The summed E-state index contributed by atoms with van der Waals surface area (Å²) in [4.78, 5) is 26.7. The van der Waals surface area contributed by atoms with Crippen molar-refractivity contribution in [3.05, 3.63) is 72.4 Å². The molecule has 3 aromatic rings. The molecular weight excluding hydrogens is 488 g/mol. The molecular formula is C32H40N4O3. The van der Waals surface area contributed by atoms with Gasteiger partial charge in [0.2, 0.25) is 11.8 Å². The Bertz CT molecular complexity index is 1260. The van der Waals surface area contributed by atoms with Gasteiger partial charge in [-0.25, -0.2) is 0 Å². The molecule has 2 saturated carbocycles. The molecule has 5 rings (SSSR count). The fourth-order valence-corrected chi connectivity index (χ4v) is 5.47. The van der Waals surface area contributed by atoms with Crippen LogP contribution in [-0.2, 0) is 15.1 Å². The van der Waals surface area contributed by atoms with Crippen molar-refractivity contribution < 1.29 is 14.7 Å². The highest BCUT2D eigenvalue weighted by molar-refractivity contribution is 5.91. The SMILES string of the molecule is CC(=O)NC1CCC(C)CC1.CC(=O)Nc1cnc(-c2ccc(C3(N)CC(O)C3)cc2)c(-c2ccccc2)c1. The fourth-order valence-electron chi connectivity index (χ4n) is 5.47. The monoisotopic (exact) mass is 528 g/mol. The molecule has 1 heterocycles. The molecule has 7 nitrogen and oxygen atoms in total. The average molecular weight is 529 g/mol. The van der Waals surface area contributed by atoms with E-state index in [4.69, 9.17) is 5.73 Å². The second-order valence-corrected chi connectivity index (χ2v) is 11.1. The van der Waals surface area contributed by atoms with Gasteiger partial charge in [-0.2, -0.15) is 0 Å². The van der Waals surface area contributed by atoms with E-state index in [9.17, 15) is 14.7 Å². The molecule has 0 aliphatic heterocycles. The maximum atomic E-state index is 11.4. The molecule has 0 unspecified atom stereocenters. The van der Waals surface area contributed by atoms with Gasteiger partial charge in [-0.3, -0.25) is 14.6 Å². The van der Waals surface area contributed by atoms with Crippen molar-refractivity contribution in [2.24, 2.45) is 11.7 Å². The van der Waals surface area contributed by atoms with Gasteiger partial charge in [0, 0.05) is 36.6 Å². The predicted molar refractivity (Wildman–Crippen MR) is 156 cm³/mol. The number of nitrogens with two attached hydrogens (primary N) is 1. The number of aliphatic hydroxyl groups is 1. The minimum absolute atomic E-state index is 0.115. The van der Waals surface area contributed by atoms with Gasteiger partial charge in [0.15, 0.2) is 0 Å². The highest BCUT2D eigenvalue weighted by Gasteiger charge is 2.41. The summed E-state index contributed by atoms with van der Waals surface area (Å²) in [6.07, 6.45) is 7.41. The van der Waals surface area contributed by atoms with E-state index in [1.165, 1.54) is 32.6 Å². The maximum Gasteiger partial charge on any atom is 0.221 e. The van der Waals surface area contributed by atoms with Gasteiger partial charge in [-0.1, -0.05) is 61.5 Å². The van der Waals surface area contributed by atoms with Crippen LogP contribution in [0.5, 0.6) is 0 Å². The smallest absolute Gasteiger partial charge is 0.221 e. The third-order valence-corrected chi connectivity index (χ3v) is 7.65. The lowest BCUT2D eigenvalue weighted by atomic mass is 9.70. The standard InChI is InChI=1S/C23H23N3O2.C9H17NO/c1-15(27)26-19-11-21(16-5-3-2-4-6-16)22(25-14-19)17-7-9-18(10-8-17)23(24)12-20(28)13-23;1-7-3-5-9(6-4-7)10-8(2)11/h2-11,14,20,28H,12-13,24H2,1H3,(H,26,27);7,9H,3-6H2,1-2H3,(H,10,11). The lowest BCUT2D eigenvalue weighted by Gasteiger charge is -2.42. The molecule has 2 aliphatic carbocycles. The lowest BCUT2D eigenvalue weighted by Crippen LogP contribution is -2.51. The Morgan fingerprint density at radius 1 is 0.923 bits per heavy atom. The zero-order valence-electron chi connectivity index (χ0n) is 23.1. The second kappa shape index (κ2) is 12.5. The Balaban J connectivity index is 0.000000270. The number of benzene rings is 2. The zero-order valence-corrected chi connectivity index (χ0v) is 23.1. The number of aromatic nitrogens is 1. The van der Waals surface area contributed by atoms with Crippen LogP contribution in [0.1, 0.15) is 64.9 Å². The summed E-state index contributed by atoms with van der Waals surface area (Å²) in [6, 6.07) is 20.4. The molecule has 0 bridgehead atoms. The van der Waals surface area contributed by atoms with Crippen LogP contribution in [0, 0.1) is 5.92 Å². The summed E-state index contributed by atoms with van der Waals surface area (Å²) in [5.41, 5.74) is 11.4. The number of anilines is 1. The van der Waals surface area contributed by atoms with Crippen LogP contribution in [0.15, 0.2) is 66.9 Å². The van der Waals surface area contributed by atoms with Gasteiger partial charge >= 0.3 is 0 Å². The van der Waals surface area contributed by atoms with E-state index in [-0.39, 0.29) is 17.9 Å². The summed E-state index contributed by atoms with van der Waals surface area (Å²) < 4.78 is 0. The number of carbonyl (C=O) groups excluding carboxylic acids is 2. The quantitative estimate of drug-likeness (QED) is 0.355. The third-order valence-electron chi connectivity index (χ3n) is 7.65. The first-order valence-electron chi connectivity index (χ1n) is 13.8. The molecule has 2 fully saturated rings. The zero-order chi connectivity index (χ0) is 28.0. The normalized spacial score (nSPS) is 24.0. The first kappa shape index (κ1) is 28.5. The second-order valence-electron chi connectivity index (χ2n) is 11.1. The van der Waals surface area contributed by atoms with E-state index >= 15 is 0 Å². The number of pyridine rings is 1. The summed E-state index contributed by atoms with van der Waals surface area (Å²) in [5, 5.41) is 15.4. The number of aliphatic hydroxyl groups excluding tert-OH is 1. The topological polar surface area (TPSA) is 117 Å². The first-order valence-corrected chi connectivity index (χ1v) is 13.8. The number of nitrogens with zero attached hydrogens (tertiary/aromatic N) is 1. The minimum Gasteiger partial charge on any atom is -0.393 e. The van der Waals surface area contributed by atoms with Gasteiger partial charge in [0.05, 0.1) is 23.7 Å². The van der Waals surface area contributed by atoms with Crippen LogP contribution in [0.25, 0.3) is 22.4 Å². The molecule has 0 saturated heterocycles. The van der Waals surface area contributed by atoms with Gasteiger partial charge in [0.25, 0.3) is 0 Å². The molecule has 206 valence electrons. The summed E-state index contributed by atoms with van der Waals surface area (Å²) in [5.74, 6) is 0.846. The molecule has 2 aliphatic rings. The van der Waals surface area contributed by atoms with E-state index in [1.54, 1.807) is 13.1 Å². The highest BCUT2D eigenvalue weighted by Crippen LogP contribution is 2.40. The van der Waals surface area contributed by atoms with Crippen LogP contribution < -0.4 is 16.4 Å². The Labute approximate surface area is 231 Å². The molecule has 1 aromatic heterocycles. The molecule has 0 atom stereocenters. The first-order chi connectivity index (χ1) is 18.6. The number of nitrogens with one attached hydrogen (secondary N) is 2. The summed E-state index contributed by atoms with van der Waals surface area (Å²) >= 11 is 0. The maximum absolute atomic E-state index is 11.4. The van der Waals surface area contributed by atoms with Crippen molar-refractivity contribution in [1.82, 2.24) is 10.3 Å². The van der Waals surface area contributed by atoms with Crippen LogP contribution in [0.3, 0.4) is 0 Å². The molecule has 7 heteroatoms. The van der Waals surface area contributed by atoms with Gasteiger partial charge in [0.1, 0.15) is 0 Å². The Kier molecular flexibility index (Phi) is 9.15. The average Bonchev–Trinajstić information content (AvgIpc) is 2.90. The number of hydrogen-bond acceptors (Lipinski definition) is 5. The van der Waals surface area contributed by atoms with E-state index in [0.717, 1.165) is 33.9 Å². The van der Waals surface area contributed by atoms with E-state index in [0.29, 0.717) is 24.6 Å². The van der Waals surface area contributed by atoms with Gasteiger partial charge in [-0.15, -0.1) is 0 Å². The Morgan fingerprint density at radius 3 is 2.13 bits per heavy atom. The largest absolute Gasteiger partial charge is 0.393 e. The number of hydrogen-bond donors (Lipinski definition) is 4. The van der Waals surface area contributed by atoms with Crippen LogP contribution in [0.2, 0.25) is 0 Å². The molecule has 2 amide bonds.